The van der Waals surface area contributed by atoms with Gasteiger partial charge in [0.1, 0.15) is 11.8 Å². The monoisotopic (exact) mass is 244 g/mol. The van der Waals surface area contributed by atoms with Gasteiger partial charge < -0.3 is 4.74 Å². The Morgan fingerprint density at radius 2 is 2.35 bits per heavy atom. The van der Waals surface area contributed by atoms with E-state index in [1.54, 1.807) is 5.38 Å². The van der Waals surface area contributed by atoms with E-state index in [2.05, 4.69) is 4.98 Å². The summed E-state index contributed by atoms with van der Waals surface area (Å²) in [6.07, 6.45) is 0.736. The summed E-state index contributed by atoms with van der Waals surface area (Å²) < 4.78 is 5.62. The molecule has 1 aromatic heterocycles. The number of aromatic nitrogens is 1. The fourth-order valence-corrected chi connectivity index (χ4v) is 2.14. The highest BCUT2D eigenvalue weighted by Gasteiger charge is 2.01. The van der Waals surface area contributed by atoms with Crippen molar-refractivity contribution in [1.29, 1.82) is 5.26 Å². The fourth-order valence-electron chi connectivity index (χ4n) is 1.44. The molecule has 1 aromatic carbocycles. The van der Waals surface area contributed by atoms with Crippen LogP contribution in [0.25, 0.3) is 0 Å². The number of aryl methyl sites for hydroxylation is 1. The zero-order valence-electron chi connectivity index (χ0n) is 9.51. The molecule has 1 heterocycles. The minimum absolute atomic E-state index is 0.487. The summed E-state index contributed by atoms with van der Waals surface area (Å²) in [5.41, 5.74) is 1.67. The van der Waals surface area contributed by atoms with Gasteiger partial charge in [-0.15, -0.1) is 11.3 Å². The van der Waals surface area contributed by atoms with E-state index in [0.717, 1.165) is 17.2 Å². The molecule has 0 bridgehead atoms. The molecule has 0 atom stereocenters. The number of nitriles is 1. The van der Waals surface area contributed by atoms with Crippen molar-refractivity contribution in [1.82, 2.24) is 4.98 Å². The number of rotatable bonds is 4. The van der Waals surface area contributed by atoms with Crippen LogP contribution in [0.1, 0.15) is 16.3 Å². The van der Waals surface area contributed by atoms with Crippen LogP contribution < -0.4 is 4.74 Å². The van der Waals surface area contributed by atoms with Gasteiger partial charge in [0.05, 0.1) is 11.6 Å². The standard InChI is InChI=1S/C13H12N2OS/c1-10-3-2-4-12(7-10)16-6-5-13-15-11(8-14)9-17-13/h2-4,7,9H,5-6H2,1H3. The average Bonchev–Trinajstić information content (AvgIpc) is 2.77. The molecular weight excluding hydrogens is 232 g/mol. The first-order chi connectivity index (χ1) is 8.28. The van der Waals surface area contributed by atoms with Gasteiger partial charge in [-0.25, -0.2) is 4.98 Å². The van der Waals surface area contributed by atoms with E-state index in [9.17, 15) is 0 Å². The Hall–Kier alpha value is -1.86. The highest BCUT2D eigenvalue weighted by Crippen LogP contribution is 2.14. The highest BCUT2D eigenvalue weighted by molar-refractivity contribution is 7.09. The molecule has 2 aromatic rings. The van der Waals surface area contributed by atoms with Gasteiger partial charge in [-0.3, -0.25) is 0 Å². The predicted octanol–water partition coefficient (Wildman–Crippen LogP) is 2.94. The maximum Gasteiger partial charge on any atom is 0.151 e. The lowest BCUT2D eigenvalue weighted by Crippen LogP contribution is -2.01. The summed E-state index contributed by atoms with van der Waals surface area (Å²) in [4.78, 5) is 4.15. The predicted molar refractivity (Wildman–Crippen MR) is 67.2 cm³/mol. The van der Waals surface area contributed by atoms with Crippen molar-refractivity contribution >= 4 is 11.3 Å². The van der Waals surface area contributed by atoms with E-state index in [0.29, 0.717) is 12.3 Å². The third-order valence-electron chi connectivity index (χ3n) is 2.24. The molecule has 0 saturated heterocycles. The molecule has 4 heteroatoms. The van der Waals surface area contributed by atoms with Gasteiger partial charge in [-0.05, 0) is 24.6 Å². The topological polar surface area (TPSA) is 45.9 Å². The minimum Gasteiger partial charge on any atom is -0.493 e. The van der Waals surface area contributed by atoms with Gasteiger partial charge in [-0.1, -0.05) is 12.1 Å². The van der Waals surface area contributed by atoms with E-state index >= 15 is 0 Å². The van der Waals surface area contributed by atoms with Gasteiger partial charge in [0.25, 0.3) is 0 Å². The SMILES string of the molecule is Cc1cccc(OCCc2nc(C#N)cs2)c1. The Labute approximate surface area is 104 Å². The highest BCUT2D eigenvalue weighted by atomic mass is 32.1. The smallest absolute Gasteiger partial charge is 0.151 e. The number of hydrogen-bond acceptors (Lipinski definition) is 4. The Morgan fingerprint density at radius 3 is 3.06 bits per heavy atom. The molecule has 0 aliphatic rings. The first-order valence-electron chi connectivity index (χ1n) is 5.32. The van der Waals surface area contributed by atoms with Crippen LogP contribution in [0.3, 0.4) is 0 Å². The van der Waals surface area contributed by atoms with Crippen LogP contribution >= 0.6 is 11.3 Å². The molecule has 3 nitrogen and oxygen atoms in total. The summed E-state index contributed by atoms with van der Waals surface area (Å²) in [6.45, 7) is 2.62. The van der Waals surface area contributed by atoms with Crippen molar-refractivity contribution in [2.75, 3.05) is 6.61 Å². The molecule has 0 N–H and O–H groups in total. The lowest BCUT2D eigenvalue weighted by molar-refractivity contribution is 0.321. The largest absolute Gasteiger partial charge is 0.493 e. The summed E-state index contributed by atoms with van der Waals surface area (Å²) in [7, 11) is 0. The maximum absolute atomic E-state index is 8.65. The van der Waals surface area contributed by atoms with E-state index in [1.165, 1.54) is 16.9 Å². The second-order valence-electron chi connectivity index (χ2n) is 3.65. The van der Waals surface area contributed by atoms with Gasteiger partial charge in [0.15, 0.2) is 5.69 Å². The summed E-state index contributed by atoms with van der Waals surface area (Å²) >= 11 is 1.50. The van der Waals surface area contributed by atoms with Crippen molar-refractivity contribution in [3.8, 4) is 11.8 Å². The van der Waals surface area contributed by atoms with E-state index in [1.807, 2.05) is 37.3 Å². The fraction of sp³-hybridized carbons (Fsp3) is 0.231. The second-order valence-corrected chi connectivity index (χ2v) is 4.60. The summed E-state index contributed by atoms with van der Waals surface area (Å²) in [5, 5.41) is 11.4. The number of benzene rings is 1. The van der Waals surface area contributed by atoms with Crippen molar-refractivity contribution in [3.05, 3.63) is 45.9 Å². The molecule has 0 fully saturated rings. The summed E-state index contributed by atoms with van der Waals surface area (Å²) in [5.74, 6) is 0.877. The minimum atomic E-state index is 0.487. The zero-order valence-corrected chi connectivity index (χ0v) is 10.3. The number of hydrogen-bond donors (Lipinski definition) is 0. The van der Waals surface area contributed by atoms with Crippen LogP contribution in [0.15, 0.2) is 29.6 Å². The molecule has 0 spiro atoms. The molecule has 0 aliphatic heterocycles. The van der Waals surface area contributed by atoms with Crippen LogP contribution in [0.2, 0.25) is 0 Å². The Kier molecular flexibility index (Phi) is 3.73. The maximum atomic E-state index is 8.65. The van der Waals surface area contributed by atoms with E-state index in [-0.39, 0.29) is 0 Å². The molecule has 0 unspecified atom stereocenters. The summed E-state index contributed by atoms with van der Waals surface area (Å²) in [6, 6.07) is 9.97. The molecule has 0 aliphatic carbocycles. The van der Waals surface area contributed by atoms with Gasteiger partial charge in [-0.2, -0.15) is 5.26 Å². The van der Waals surface area contributed by atoms with Gasteiger partial charge in [0, 0.05) is 11.8 Å². The molecule has 0 radical (unpaired) electrons. The normalized spacial score (nSPS) is 9.88. The van der Waals surface area contributed by atoms with Crippen LogP contribution in [0, 0.1) is 18.3 Å². The van der Waals surface area contributed by atoms with E-state index < -0.39 is 0 Å². The Morgan fingerprint density at radius 1 is 1.47 bits per heavy atom. The quantitative estimate of drug-likeness (QED) is 0.830. The van der Waals surface area contributed by atoms with Crippen LogP contribution in [0.5, 0.6) is 5.75 Å². The van der Waals surface area contributed by atoms with Crippen LogP contribution in [0.4, 0.5) is 0 Å². The van der Waals surface area contributed by atoms with Crippen LogP contribution in [-0.4, -0.2) is 11.6 Å². The molecular formula is C13H12N2OS. The molecule has 86 valence electrons. The van der Waals surface area contributed by atoms with Crippen LogP contribution in [-0.2, 0) is 6.42 Å². The van der Waals surface area contributed by atoms with Crippen molar-refractivity contribution in [2.45, 2.75) is 13.3 Å². The molecule has 17 heavy (non-hydrogen) atoms. The molecule has 0 saturated carbocycles. The third-order valence-corrected chi connectivity index (χ3v) is 3.15. The van der Waals surface area contributed by atoms with E-state index in [4.69, 9.17) is 10.00 Å². The zero-order chi connectivity index (χ0) is 12.1. The Bertz CT molecular complexity index is 542. The van der Waals surface area contributed by atoms with Gasteiger partial charge in [0.2, 0.25) is 0 Å². The van der Waals surface area contributed by atoms with Crippen molar-refractivity contribution in [2.24, 2.45) is 0 Å². The third kappa shape index (κ3) is 3.30. The first kappa shape index (κ1) is 11.6. The van der Waals surface area contributed by atoms with Crippen molar-refractivity contribution < 1.29 is 4.74 Å². The number of ether oxygens (including phenoxy) is 1. The number of thiazole rings is 1. The van der Waals surface area contributed by atoms with Crippen molar-refractivity contribution in [3.63, 3.8) is 0 Å². The Balaban J connectivity index is 1.85. The molecule has 2 rings (SSSR count). The molecule has 0 amide bonds. The lowest BCUT2D eigenvalue weighted by atomic mass is 10.2. The lowest BCUT2D eigenvalue weighted by Gasteiger charge is -2.05. The number of nitrogens with zero attached hydrogens (tertiary/aromatic N) is 2. The average molecular weight is 244 g/mol. The van der Waals surface area contributed by atoms with Gasteiger partial charge >= 0.3 is 0 Å². The second kappa shape index (κ2) is 5.46. The first-order valence-corrected chi connectivity index (χ1v) is 6.20.